The first-order valence-corrected chi connectivity index (χ1v) is 8.01. The van der Waals surface area contributed by atoms with Gasteiger partial charge in [0.25, 0.3) is 6.02 Å². The molecule has 0 aromatic rings. The highest BCUT2D eigenvalue weighted by Gasteiger charge is 2.42. The molecule has 1 heterocycles. The molecule has 0 unspecified atom stereocenters. The van der Waals surface area contributed by atoms with E-state index in [-0.39, 0.29) is 0 Å². The fourth-order valence-electron chi connectivity index (χ4n) is 2.71. The molecule has 0 aromatic carbocycles. The lowest BCUT2D eigenvalue weighted by Gasteiger charge is -2.43. The average Bonchev–Trinajstić information content (AvgIpc) is 2.47. The van der Waals surface area contributed by atoms with Crippen LogP contribution >= 0.6 is 0 Å². The van der Waals surface area contributed by atoms with Crippen LogP contribution in [-0.2, 0) is 4.74 Å². The maximum Gasteiger partial charge on any atom is 0.329 e. The molecule has 0 bridgehead atoms. The largest absolute Gasteiger partial charge is 0.408 e. The van der Waals surface area contributed by atoms with Crippen molar-refractivity contribution in [2.75, 3.05) is 42.3 Å². The third-order valence-corrected chi connectivity index (χ3v) is 4.07. The second-order valence-electron chi connectivity index (χ2n) is 6.68. The van der Waals surface area contributed by atoms with Gasteiger partial charge in [-0.1, -0.05) is 19.3 Å². The zero-order valence-electron chi connectivity index (χ0n) is 14.8. The Morgan fingerprint density at radius 2 is 1.64 bits per heavy atom. The first-order chi connectivity index (χ1) is 10.3. The van der Waals surface area contributed by atoms with E-state index < -0.39 is 5.97 Å². The smallest absolute Gasteiger partial charge is 0.329 e. The van der Waals surface area contributed by atoms with Gasteiger partial charge in [0.1, 0.15) is 0 Å². The summed E-state index contributed by atoms with van der Waals surface area (Å²) in [4.78, 5) is 15.0. The Balaban J connectivity index is 2.29. The van der Waals surface area contributed by atoms with Crippen LogP contribution in [0.5, 0.6) is 0 Å². The van der Waals surface area contributed by atoms with Crippen molar-refractivity contribution in [2.45, 2.75) is 44.1 Å². The molecule has 1 saturated carbocycles. The van der Waals surface area contributed by atoms with E-state index in [1.807, 2.05) is 57.0 Å². The van der Waals surface area contributed by atoms with Crippen molar-refractivity contribution >= 4 is 12.0 Å². The molecule has 126 valence electrons. The number of ether oxygens (including phenoxy) is 1. The second kappa shape index (κ2) is 6.83. The molecule has 1 aliphatic heterocycles. The number of amidine groups is 1. The predicted octanol–water partition coefficient (Wildman–Crippen LogP) is 0.947. The van der Waals surface area contributed by atoms with Gasteiger partial charge < -0.3 is 14.5 Å². The molecule has 1 N–H and O–H groups in total. The Morgan fingerprint density at radius 3 is 2.14 bits per heavy atom. The van der Waals surface area contributed by atoms with Crippen molar-refractivity contribution in [1.82, 2.24) is 20.0 Å². The zero-order chi connectivity index (χ0) is 16.3. The van der Waals surface area contributed by atoms with Crippen molar-refractivity contribution < 1.29 is 4.74 Å². The number of rotatable bonds is 3. The summed E-state index contributed by atoms with van der Waals surface area (Å²) in [5, 5.41) is 3.62. The van der Waals surface area contributed by atoms with Crippen LogP contribution in [0.15, 0.2) is 9.98 Å². The number of hydrogen-bond acceptors (Lipinski definition) is 7. The molecule has 1 atom stereocenters. The fourth-order valence-corrected chi connectivity index (χ4v) is 2.71. The van der Waals surface area contributed by atoms with Gasteiger partial charge in [0, 0.05) is 34.2 Å². The number of guanidine groups is 1. The summed E-state index contributed by atoms with van der Waals surface area (Å²) in [7, 11) is 11.7. The minimum atomic E-state index is -0.900. The predicted molar refractivity (Wildman–Crippen MR) is 89.8 cm³/mol. The molecular weight excluding hydrogens is 280 g/mol. The minimum absolute atomic E-state index is 0.421. The van der Waals surface area contributed by atoms with Crippen molar-refractivity contribution in [3.8, 4) is 0 Å². The molecular formula is C15H30N6O. The monoisotopic (exact) mass is 310 g/mol. The lowest BCUT2D eigenvalue weighted by atomic mass is 9.95. The highest BCUT2D eigenvalue weighted by Crippen LogP contribution is 2.25. The Hall–Kier alpha value is -1.34. The molecule has 2 rings (SSSR count). The molecule has 22 heavy (non-hydrogen) atoms. The summed E-state index contributed by atoms with van der Waals surface area (Å²) >= 11 is 0. The second-order valence-corrected chi connectivity index (χ2v) is 6.68. The minimum Gasteiger partial charge on any atom is -0.408 e. The van der Waals surface area contributed by atoms with Crippen molar-refractivity contribution in [2.24, 2.45) is 9.98 Å². The Labute approximate surface area is 134 Å². The van der Waals surface area contributed by atoms with Crippen LogP contribution in [-0.4, -0.2) is 81.0 Å². The molecule has 7 heteroatoms. The van der Waals surface area contributed by atoms with Gasteiger partial charge in [0.15, 0.2) is 0 Å². The summed E-state index contributed by atoms with van der Waals surface area (Å²) in [6.07, 6.45) is 6.19. The summed E-state index contributed by atoms with van der Waals surface area (Å²) in [5.74, 6) is -0.241. The quantitative estimate of drug-likeness (QED) is 0.787. The molecule has 2 aliphatic rings. The standard InChI is InChI=1S/C15H30N6O/c1-19(2)13-16-14(20(3)4)22-15(18-13,21(5)6)17-12-10-8-7-9-11-12/h12,17H,7-11H2,1-6H3/t15-/m1/s1. The van der Waals surface area contributed by atoms with E-state index in [1.54, 1.807) is 0 Å². The van der Waals surface area contributed by atoms with Crippen LogP contribution in [0.3, 0.4) is 0 Å². The lowest BCUT2D eigenvalue weighted by Crippen LogP contribution is -2.63. The maximum atomic E-state index is 6.16. The van der Waals surface area contributed by atoms with Gasteiger partial charge in [-0.05, 0) is 26.9 Å². The average molecular weight is 310 g/mol. The Kier molecular flexibility index (Phi) is 5.28. The van der Waals surface area contributed by atoms with Gasteiger partial charge in [-0.2, -0.15) is 9.98 Å². The highest BCUT2D eigenvalue weighted by molar-refractivity contribution is 5.93. The molecule has 0 spiro atoms. The van der Waals surface area contributed by atoms with Gasteiger partial charge in [-0.15, -0.1) is 0 Å². The first-order valence-electron chi connectivity index (χ1n) is 8.01. The fraction of sp³-hybridized carbons (Fsp3) is 0.867. The van der Waals surface area contributed by atoms with Crippen molar-refractivity contribution in [1.29, 1.82) is 0 Å². The molecule has 0 saturated heterocycles. The van der Waals surface area contributed by atoms with Crippen molar-refractivity contribution in [3.63, 3.8) is 0 Å². The lowest BCUT2D eigenvalue weighted by molar-refractivity contribution is -0.111. The molecule has 0 aromatic heterocycles. The third kappa shape index (κ3) is 3.70. The SMILES string of the molecule is CN(C)C1=N[C@](NC2CCCCC2)(N(C)C)OC(N(C)C)=N1. The Morgan fingerprint density at radius 1 is 1.00 bits per heavy atom. The van der Waals surface area contributed by atoms with Gasteiger partial charge in [0.05, 0.1) is 0 Å². The molecule has 1 aliphatic carbocycles. The van der Waals surface area contributed by atoms with Gasteiger partial charge >= 0.3 is 5.97 Å². The zero-order valence-corrected chi connectivity index (χ0v) is 14.8. The molecule has 7 nitrogen and oxygen atoms in total. The summed E-state index contributed by atoms with van der Waals surface area (Å²) in [6, 6.07) is 0.987. The van der Waals surface area contributed by atoms with Crippen LogP contribution < -0.4 is 5.32 Å². The number of nitrogens with one attached hydrogen (secondary N) is 1. The Bertz CT molecular complexity index is 439. The van der Waals surface area contributed by atoms with E-state index in [1.165, 1.54) is 32.1 Å². The van der Waals surface area contributed by atoms with Crippen LogP contribution in [0.1, 0.15) is 32.1 Å². The van der Waals surface area contributed by atoms with Gasteiger partial charge in [-0.25, -0.2) is 10.2 Å². The van der Waals surface area contributed by atoms with Crippen LogP contribution in [0.25, 0.3) is 0 Å². The molecule has 0 amide bonds. The van der Waals surface area contributed by atoms with Crippen LogP contribution in [0.4, 0.5) is 0 Å². The van der Waals surface area contributed by atoms with Crippen molar-refractivity contribution in [3.05, 3.63) is 0 Å². The third-order valence-electron chi connectivity index (χ3n) is 4.07. The van der Waals surface area contributed by atoms with E-state index in [0.717, 1.165) is 0 Å². The topological polar surface area (TPSA) is 55.7 Å². The number of nitrogens with zero attached hydrogens (tertiary/aromatic N) is 5. The molecule has 0 radical (unpaired) electrons. The van der Waals surface area contributed by atoms with E-state index in [9.17, 15) is 0 Å². The van der Waals surface area contributed by atoms with Crippen LogP contribution in [0, 0.1) is 0 Å². The number of hydrogen-bond donors (Lipinski definition) is 1. The maximum absolute atomic E-state index is 6.16. The highest BCUT2D eigenvalue weighted by atomic mass is 16.6. The van der Waals surface area contributed by atoms with Gasteiger partial charge in [-0.3, -0.25) is 0 Å². The van der Waals surface area contributed by atoms with E-state index in [2.05, 4.69) is 10.3 Å². The van der Waals surface area contributed by atoms with Crippen LogP contribution in [0.2, 0.25) is 0 Å². The summed E-state index contributed by atoms with van der Waals surface area (Å²) in [6.45, 7) is 0. The first kappa shape index (κ1) is 17.0. The van der Waals surface area contributed by atoms with E-state index >= 15 is 0 Å². The summed E-state index contributed by atoms with van der Waals surface area (Å²) in [5.41, 5.74) is 0. The van der Waals surface area contributed by atoms with E-state index in [0.29, 0.717) is 18.0 Å². The van der Waals surface area contributed by atoms with Gasteiger partial charge in [0.2, 0.25) is 5.96 Å². The molecule has 1 fully saturated rings. The van der Waals surface area contributed by atoms with E-state index in [4.69, 9.17) is 9.73 Å². The summed E-state index contributed by atoms with van der Waals surface area (Å²) < 4.78 is 6.16. The number of aliphatic imine (C=N–C) groups is 2. The normalized spacial score (nSPS) is 26.3.